The molecule has 1 aliphatic carbocycles. The van der Waals surface area contributed by atoms with E-state index in [0.717, 1.165) is 40.2 Å². The summed E-state index contributed by atoms with van der Waals surface area (Å²) in [6.45, 7) is 7.41. The minimum Gasteiger partial charge on any atom is -0.457 e. The fraction of sp³-hybridized carbons (Fsp3) is 0.569. The number of unbranched alkanes of at least 4 members (excludes halogenated alkanes) is 2. The van der Waals surface area contributed by atoms with E-state index in [9.17, 15) is 43.2 Å². The number of ether oxygens (including phenoxy) is 2. The highest BCUT2D eigenvalue weighted by Gasteiger charge is 2.51. The van der Waals surface area contributed by atoms with Crippen molar-refractivity contribution in [2.75, 3.05) is 19.6 Å². The largest absolute Gasteiger partial charge is 0.457 e. The summed E-state index contributed by atoms with van der Waals surface area (Å²) in [6, 6.07) is 6.56. The number of imide groups is 1. The zero-order valence-corrected chi connectivity index (χ0v) is 42.5. The minimum atomic E-state index is -1.92. The Hall–Kier alpha value is -6.18. The standard InChI is InChI=1S/C51H65BrN8O11/c1-5-51(34-24-38-43-31(23-32-35(52)14-12-15-36(32)56-43)26-60(38)47(67)33(34)27-70-48(51)68)71-41(63)25-50(18-9-7-10-19-50)28-55-44(64)37(16-13-20-54-49(53)69)57-45(65)42(29(2)3)58-39(61)17-8-6-11-21-59-40(62)22-30(4)46(59)66/h12,14-15,23-24,29-30,37,42H,5-11,13,16-22,25-28H2,1-4H3,(H,55,64)(H,57,65)(H,58,61)(H3,53,54,69)/t30?,37-,42+,51+/m1/s1. The molecule has 0 spiro atoms. The van der Waals surface area contributed by atoms with Crippen molar-refractivity contribution in [3.63, 3.8) is 0 Å². The molecule has 4 atom stereocenters. The Balaban J connectivity index is 1.02. The van der Waals surface area contributed by atoms with Crippen LogP contribution in [0.2, 0.25) is 0 Å². The summed E-state index contributed by atoms with van der Waals surface area (Å²) in [4.78, 5) is 126. The number of carbonyl (C=O) groups excluding carboxylic acids is 8. The van der Waals surface area contributed by atoms with Gasteiger partial charge in [0.2, 0.25) is 35.1 Å². The number of nitrogens with zero attached hydrogens (tertiary/aromatic N) is 3. The van der Waals surface area contributed by atoms with Crippen LogP contribution in [0, 0.1) is 17.3 Å². The number of carbonyl (C=O) groups is 8. The first kappa shape index (κ1) is 52.6. The molecule has 1 aromatic carbocycles. The van der Waals surface area contributed by atoms with Gasteiger partial charge in [-0.15, -0.1) is 0 Å². The van der Waals surface area contributed by atoms with E-state index in [1.54, 1.807) is 38.3 Å². The highest BCUT2D eigenvalue weighted by Crippen LogP contribution is 2.44. The molecule has 4 aliphatic rings. The zero-order valence-electron chi connectivity index (χ0n) is 40.9. The number of benzene rings is 1. The number of hydrogen-bond donors (Lipinski definition) is 5. The van der Waals surface area contributed by atoms with Gasteiger partial charge >= 0.3 is 18.0 Å². The molecular formula is C51H65BrN8O11. The van der Waals surface area contributed by atoms with E-state index >= 15 is 0 Å². The van der Waals surface area contributed by atoms with Crippen LogP contribution in [-0.4, -0.2) is 93.7 Å². The van der Waals surface area contributed by atoms with E-state index in [1.807, 2.05) is 24.3 Å². The number of esters is 2. The van der Waals surface area contributed by atoms with Crippen LogP contribution in [0.3, 0.4) is 0 Å². The maximum atomic E-state index is 14.4. The number of nitrogens with two attached hydrogens (primary N) is 1. The summed E-state index contributed by atoms with van der Waals surface area (Å²) in [5.41, 5.74) is 5.32. The first-order valence-corrected chi connectivity index (χ1v) is 25.7. The van der Waals surface area contributed by atoms with E-state index < -0.39 is 52.9 Å². The van der Waals surface area contributed by atoms with Crippen LogP contribution >= 0.6 is 15.9 Å². The highest BCUT2D eigenvalue weighted by molar-refractivity contribution is 9.10. The van der Waals surface area contributed by atoms with Crippen molar-refractivity contribution in [3.8, 4) is 11.4 Å². The summed E-state index contributed by atoms with van der Waals surface area (Å²) < 4.78 is 14.3. The van der Waals surface area contributed by atoms with Gasteiger partial charge in [0, 0.05) is 59.4 Å². The molecule has 7 amide bonds. The zero-order chi connectivity index (χ0) is 51.2. The molecule has 6 N–H and O–H groups in total. The second-order valence-corrected chi connectivity index (χ2v) is 20.7. The molecule has 3 aliphatic heterocycles. The average molecular weight is 1050 g/mol. The van der Waals surface area contributed by atoms with Crippen molar-refractivity contribution in [2.24, 2.45) is 23.0 Å². The number of primary amides is 1. The summed E-state index contributed by atoms with van der Waals surface area (Å²) in [5.74, 6) is -4.02. The fourth-order valence-electron chi connectivity index (χ4n) is 10.4. The van der Waals surface area contributed by atoms with Gasteiger partial charge in [-0.3, -0.25) is 38.5 Å². The lowest BCUT2D eigenvalue weighted by molar-refractivity contribution is -0.191. The second-order valence-electron chi connectivity index (χ2n) is 19.9. The molecule has 2 aromatic heterocycles. The van der Waals surface area contributed by atoms with Crippen molar-refractivity contribution in [1.82, 2.24) is 35.7 Å². The summed E-state index contributed by atoms with van der Waals surface area (Å²) >= 11 is 3.60. The Labute approximate surface area is 420 Å². The number of likely N-dealkylation sites (tertiary alicyclic amines) is 1. The summed E-state index contributed by atoms with van der Waals surface area (Å²) in [7, 11) is 0. The van der Waals surface area contributed by atoms with Crippen LogP contribution in [0.25, 0.3) is 22.3 Å². The Kier molecular flexibility index (Phi) is 16.7. The van der Waals surface area contributed by atoms with E-state index in [4.69, 9.17) is 20.2 Å². The number of amides is 7. The predicted octanol–water partition coefficient (Wildman–Crippen LogP) is 4.88. The second kappa shape index (κ2) is 22.5. The lowest BCUT2D eigenvalue weighted by Gasteiger charge is -2.39. The number of hydrogen-bond acceptors (Lipinski definition) is 12. The van der Waals surface area contributed by atoms with Crippen molar-refractivity contribution in [1.29, 1.82) is 0 Å². The molecule has 20 heteroatoms. The summed E-state index contributed by atoms with van der Waals surface area (Å²) in [6.07, 6.45) is 5.66. The van der Waals surface area contributed by atoms with Gasteiger partial charge in [-0.25, -0.2) is 14.6 Å². The van der Waals surface area contributed by atoms with E-state index in [2.05, 4.69) is 37.2 Å². The van der Waals surface area contributed by atoms with Gasteiger partial charge < -0.3 is 41.0 Å². The molecule has 5 heterocycles. The highest BCUT2D eigenvalue weighted by atomic mass is 79.9. The lowest BCUT2D eigenvalue weighted by Crippen LogP contribution is -2.56. The minimum absolute atomic E-state index is 0.0172. The molecule has 0 radical (unpaired) electrons. The van der Waals surface area contributed by atoms with Crippen LogP contribution in [-0.2, 0) is 61.8 Å². The van der Waals surface area contributed by atoms with Gasteiger partial charge in [0.15, 0.2) is 0 Å². The molecule has 2 fully saturated rings. The molecule has 71 heavy (non-hydrogen) atoms. The molecule has 7 rings (SSSR count). The topological polar surface area (TPSA) is 267 Å². The Bertz CT molecular complexity index is 2660. The average Bonchev–Trinajstić information content (AvgIpc) is 3.81. The van der Waals surface area contributed by atoms with Crippen molar-refractivity contribution in [3.05, 3.63) is 61.8 Å². The molecular weight excluding hydrogens is 981 g/mol. The SMILES string of the molecule is CC[C@@]1(OC(=O)CC2(CNC(=O)[C@@H](CCCNC(N)=O)NC(=O)[C@@H](NC(=O)CCCCCN3C(=O)CC(C)C3=O)C(C)C)CCCCC2)C(=O)OCc2c1cc1n(c2=O)Cc2cc3c(Br)cccc3nc2-1. The van der Waals surface area contributed by atoms with Crippen LogP contribution in [0.4, 0.5) is 4.79 Å². The fourth-order valence-corrected chi connectivity index (χ4v) is 10.9. The number of nitrogens with one attached hydrogen (secondary N) is 4. The molecule has 1 unspecified atom stereocenters. The normalized spacial score (nSPS) is 19.8. The number of rotatable bonds is 21. The van der Waals surface area contributed by atoms with Gasteiger partial charge in [-0.1, -0.05) is 75.4 Å². The number of fused-ring (bicyclic) bond motifs is 5. The van der Waals surface area contributed by atoms with Gasteiger partial charge in [0.25, 0.3) is 5.56 Å². The third-order valence-electron chi connectivity index (χ3n) is 14.4. The van der Waals surface area contributed by atoms with Gasteiger partial charge in [-0.2, -0.15) is 0 Å². The Morgan fingerprint density at radius 1 is 0.972 bits per heavy atom. The predicted molar refractivity (Wildman–Crippen MR) is 264 cm³/mol. The number of urea groups is 1. The molecule has 1 saturated carbocycles. The molecule has 1 saturated heterocycles. The maximum absolute atomic E-state index is 14.4. The quantitative estimate of drug-likeness (QED) is 0.0425. The molecule has 3 aromatic rings. The molecule has 0 bridgehead atoms. The smallest absolute Gasteiger partial charge is 0.355 e. The Morgan fingerprint density at radius 3 is 2.42 bits per heavy atom. The molecule has 19 nitrogen and oxygen atoms in total. The van der Waals surface area contributed by atoms with Crippen LogP contribution < -0.4 is 32.6 Å². The van der Waals surface area contributed by atoms with Gasteiger partial charge in [0.1, 0.15) is 18.7 Å². The number of halogens is 1. The third kappa shape index (κ3) is 11.6. The number of cyclic esters (lactones) is 1. The van der Waals surface area contributed by atoms with Crippen LogP contribution in [0.1, 0.15) is 134 Å². The van der Waals surface area contributed by atoms with Gasteiger partial charge in [0.05, 0.1) is 35.4 Å². The van der Waals surface area contributed by atoms with Crippen LogP contribution in [0.5, 0.6) is 0 Å². The number of pyridine rings is 2. The molecule has 382 valence electrons. The van der Waals surface area contributed by atoms with Crippen molar-refractivity contribution < 1.29 is 47.8 Å². The first-order chi connectivity index (χ1) is 33.9. The first-order valence-electron chi connectivity index (χ1n) is 24.9. The van der Waals surface area contributed by atoms with Gasteiger partial charge in [-0.05, 0) is 80.5 Å². The summed E-state index contributed by atoms with van der Waals surface area (Å²) in [5, 5.41) is 12.0. The monoisotopic (exact) mass is 1040 g/mol. The van der Waals surface area contributed by atoms with E-state index in [-0.39, 0.29) is 111 Å². The van der Waals surface area contributed by atoms with Crippen molar-refractivity contribution in [2.45, 2.75) is 148 Å². The maximum Gasteiger partial charge on any atom is 0.355 e. The Morgan fingerprint density at radius 2 is 1.73 bits per heavy atom. The lowest BCUT2D eigenvalue weighted by atomic mass is 9.71. The van der Waals surface area contributed by atoms with E-state index in [0.29, 0.717) is 50.0 Å². The van der Waals surface area contributed by atoms with Crippen molar-refractivity contribution >= 4 is 74.3 Å². The van der Waals surface area contributed by atoms with E-state index in [1.165, 1.54) is 4.90 Å². The number of aromatic nitrogens is 2. The van der Waals surface area contributed by atoms with Crippen LogP contribution in [0.15, 0.2) is 39.6 Å². The third-order valence-corrected chi connectivity index (χ3v) is 15.1.